The molecular formula is C83H158NO8P. The summed E-state index contributed by atoms with van der Waals surface area (Å²) in [6.45, 7) is 3.72. The molecule has 3 N–H and O–H groups in total. The lowest BCUT2D eigenvalue weighted by molar-refractivity contribution is -0.161. The molecule has 10 heteroatoms. The molecule has 0 spiro atoms. The lowest BCUT2D eigenvalue weighted by Gasteiger charge is -2.19. The highest BCUT2D eigenvalue weighted by Crippen LogP contribution is 2.43. The van der Waals surface area contributed by atoms with Crippen molar-refractivity contribution in [2.45, 2.75) is 444 Å². The number of carbonyl (C=O) groups excluding carboxylic acids is 2. The second-order valence-electron chi connectivity index (χ2n) is 28.0. The third-order valence-corrected chi connectivity index (χ3v) is 19.7. The van der Waals surface area contributed by atoms with Gasteiger partial charge in [-0.3, -0.25) is 18.6 Å². The van der Waals surface area contributed by atoms with Gasteiger partial charge in [0.25, 0.3) is 0 Å². The van der Waals surface area contributed by atoms with Gasteiger partial charge in [-0.15, -0.1) is 0 Å². The maximum absolute atomic E-state index is 12.8. The number of hydrogen-bond acceptors (Lipinski definition) is 8. The van der Waals surface area contributed by atoms with E-state index >= 15 is 0 Å². The molecule has 2 unspecified atom stereocenters. The largest absolute Gasteiger partial charge is 0.472 e. The highest BCUT2D eigenvalue weighted by atomic mass is 31.2. The summed E-state index contributed by atoms with van der Waals surface area (Å²) in [5.41, 5.74) is 5.42. The molecule has 0 aromatic heterocycles. The fourth-order valence-corrected chi connectivity index (χ4v) is 13.5. The molecule has 0 heterocycles. The van der Waals surface area contributed by atoms with Gasteiger partial charge in [0.05, 0.1) is 13.2 Å². The monoisotopic (exact) mass is 1330 g/mol. The molecule has 0 saturated carbocycles. The van der Waals surface area contributed by atoms with E-state index in [9.17, 15) is 19.0 Å². The summed E-state index contributed by atoms with van der Waals surface area (Å²) in [4.78, 5) is 35.5. The van der Waals surface area contributed by atoms with Crippen LogP contribution in [0.4, 0.5) is 0 Å². The lowest BCUT2D eigenvalue weighted by Crippen LogP contribution is -2.29. The summed E-state index contributed by atoms with van der Waals surface area (Å²) in [6, 6.07) is 0. The van der Waals surface area contributed by atoms with Crippen LogP contribution in [-0.4, -0.2) is 49.3 Å². The number of phosphoric acid groups is 1. The van der Waals surface area contributed by atoms with Gasteiger partial charge in [0, 0.05) is 19.4 Å². The fourth-order valence-electron chi connectivity index (χ4n) is 12.7. The van der Waals surface area contributed by atoms with E-state index in [2.05, 4.69) is 62.5 Å². The van der Waals surface area contributed by atoms with Gasteiger partial charge in [0.1, 0.15) is 6.61 Å². The van der Waals surface area contributed by atoms with Crippen molar-refractivity contribution in [3.63, 3.8) is 0 Å². The third-order valence-electron chi connectivity index (χ3n) is 18.7. The second-order valence-corrected chi connectivity index (χ2v) is 29.4. The van der Waals surface area contributed by atoms with E-state index in [0.29, 0.717) is 6.42 Å². The van der Waals surface area contributed by atoms with Gasteiger partial charge in [-0.2, -0.15) is 0 Å². The molecular weight excluding hydrogens is 1170 g/mol. The van der Waals surface area contributed by atoms with Crippen molar-refractivity contribution in [1.29, 1.82) is 0 Å². The smallest absolute Gasteiger partial charge is 0.462 e. The first-order chi connectivity index (χ1) is 45.8. The van der Waals surface area contributed by atoms with Crippen molar-refractivity contribution in [2.75, 3.05) is 26.4 Å². The summed E-state index contributed by atoms with van der Waals surface area (Å²) in [7, 11) is -4.39. The molecule has 0 aliphatic carbocycles. The predicted octanol–water partition coefficient (Wildman–Crippen LogP) is 27.5. The first-order valence-corrected chi connectivity index (χ1v) is 42.6. The number of esters is 2. The Morgan fingerprint density at radius 1 is 0.333 bits per heavy atom. The summed E-state index contributed by atoms with van der Waals surface area (Å²) in [5, 5.41) is 0. The molecule has 0 bridgehead atoms. The van der Waals surface area contributed by atoms with E-state index in [1.807, 2.05) is 0 Å². The van der Waals surface area contributed by atoms with Gasteiger partial charge in [-0.1, -0.05) is 422 Å². The molecule has 9 nitrogen and oxygen atoms in total. The molecule has 0 saturated heterocycles. The van der Waals surface area contributed by atoms with Crippen molar-refractivity contribution in [3.05, 3.63) is 48.6 Å². The van der Waals surface area contributed by atoms with Crippen LogP contribution in [0.2, 0.25) is 0 Å². The van der Waals surface area contributed by atoms with Crippen LogP contribution in [0.5, 0.6) is 0 Å². The molecule has 0 rings (SSSR count). The van der Waals surface area contributed by atoms with Crippen molar-refractivity contribution in [2.24, 2.45) is 5.73 Å². The average molecular weight is 1330 g/mol. The molecule has 0 aromatic rings. The predicted molar refractivity (Wildman–Crippen MR) is 404 cm³/mol. The Morgan fingerprint density at radius 2 is 0.591 bits per heavy atom. The molecule has 2 atom stereocenters. The van der Waals surface area contributed by atoms with Crippen LogP contribution in [0.3, 0.4) is 0 Å². The summed E-state index contributed by atoms with van der Waals surface area (Å²) >= 11 is 0. The molecule has 0 aromatic carbocycles. The maximum atomic E-state index is 12.8. The summed E-state index contributed by atoms with van der Waals surface area (Å²) in [5.74, 6) is -0.803. The van der Waals surface area contributed by atoms with Gasteiger partial charge in [-0.05, 0) is 51.4 Å². The molecule has 548 valence electrons. The number of allylic oxidation sites excluding steroid dienone is 8. The maximum Gasteiger partial charge on any atom is 0.472 e. The zero-order chi connectivity index (χ0) is 67.2. The second kappa shape index (κ2) is 79.0. The van der Waals surface area contributed by atoms with Gasteiger partial charge < -0.3 is 20.1 Å². The van der Waals surface area contributed by atoms with Crippen molar-refractivity contribution >= 4 is 19.8 Å². The minimum atomic E-state index is -4.39. The minimum Gasteiger partial charge on any atom is -0.462 e. The highest BCUT2D eigenvalue weighted by molar-refractivity contribution is 7.47. The molecule has 0 radical (unpaired) electrons. The van der Waals surface area contributed by atoms with Crippen molar-refractivity contribution in [1.82, 2.24) is 0 Å². The van der Waals surface area contributed by atoms with Gasteiger partial charge >= 0.3 is 19.8 Å². The Kier molecular flexibility index (Phi) is 77.2. The Morgan fingerprint density at radius 3 is 0.882 bits per heavy atom. The third kappa shape index (κ3) is 78.8. The lowest BCUT2D eigenvalue weighted by atomic mass is 10.0. The number of ether oxygens (including phenoxy) is 2. The number of rotatable bonds is 79. The number of nitrogens with two attached hydrogens (primary N) is 1. The van der Waals surface area contributed by atoms with E-state index < -0.39 is 26.5 Å². The van der Waals surface area contributed by atoms with E-state index in [1.165, 1.54) is 347 Å². The number of carbonyl (C=O) groups is 2. The summed E-state index contributed by atoms with van der Waals surface area (Å²) in [6.07, 6.45) is 103. The van der Waals surface area contributed by atoms with Gasteiger partial charge in [-0.25, -0.2) is 4.57 Å². The SMILES string of the molecule is CC/C=C\C/C=C\C/C=C\C/C=C\CCCCCCCCCCCCCCCCCCCCC(=O)OC(COC(=O)CCCCCCCCCCCCCCCCCCCCCCCCCCCCCCCCCCCCCCCCCCC)COP(=O)(O)OCCN. The topological polar surface area (TPSA) is 134 Å². The first kappa shape index (κ1) is 91.0. The molecule has 0 fully saturated rings. The van der Waals surface area contributed by atoms with Crippen LogP contribution >= 0.6 is 7.82 Å². The van der Waals surface area contributed by atoms with Crippen molar-refractivity contribution in [3.8, 4) is 0 Å². The van der Waals surface area contributed by atoms with Crippen LogP contribution in [0.25, 0.3) is 0 Å². The average Bonchev–Trinajstić information content (AvgIpc) is 3.70. The standard InChI is InChI=1S/C83H158NO8P/c1-3-5-7-9-11-13-15-17-19-21-23-25-27-29-31-33-35-36-37-38-39-40-41-42-43-44-46-47-49-51-53-55-57-59-61-63-65-67-69-71-73-75-82(85)89-79-81(80-91-93(87,88)90-78-77-84)92-83(86)76-74-72-70-68-66-64-62-60-58-56-54-52-50-48-45-34-32-30-28-26-24-22-20-18-16-14-12-10-8-6-4-2/h6,8,12,14,18,20,24,26,81H,3-5,7,9-11,13,15-17,19,21-23,25,27-80,84H2,1-2H3,(H,87,88)/b8-6-,14-12-,20-18-,26-24-. The van der Waals surface area contributed by atoms with Crippen LogP contribution < -0.4 is 5.73 Å². The number of phosphoric ester groups is 1. The summed E-state index contributed by atoms with van der Waals surface area (Å²) < 4.78 is 33.3. The zero-order valence-corrected chi connectivity index (χ0v) is 62.9. The Balaban J connectivity index is 3.71. The van der Waals surface area contributed by atoms with Gasteiger partial charge in [0.15, 0.2) is 6.10 Å². The van der Waals surface area contributed by atoms with Crippen LogP contribution in [-0.2, 0) is 32.7 Å². The van der Waals surface area contributed by atoms with E-state index in [0.717, 1.165) is 57.8 Å². The zero-order valence-electron chi connectivity index (χ0n) is 62.0. The van der Waals surface area contributed by atoms with Crippen LogP contribution in [0.1, 0.15) is 438 Å². The van der Waals surface area contributed by atoms with Crippen LogP contribution in [0.15, 0.2) is 48.6 Å². The minimum absolute atomic E-state index is 0.0556. The van der Waals surface area contributed by atoms with E-state index in [4.69, 9.17) is 24.3 Å². The quantitative estimate of drug-likeness (QED) is 0.0264. The van der Waals surface area contributed by atoms with Crippen molar-refractivity contribution < 1.29 is 37.6 Å². The fraction of sp³-hybridized carbons (Fsp3) is 0.880. The van der Waals surface area contributed by atoms with Crippen LogP contribution in [0, 0.1) is 0 Å². The van der Waals surface area contributed by atoms with E-state index in [1.54, 1.807) is 0 Å². The highest BCUT2D eigenvalue weighted by Gasteiger charge is 2.26. The Bertz CT molecular complexity index is 1670. The van der Waals surface area contributed by atoms with Gasteiger partial charge in [0.2, 0.25) is 0 Å². The molecule has 93 heavy (non-hydrogen) atoms. The molecule has 0 aliphatic rings. The van der Waals surface area contributed by atoms with E-state index in [-0.39, 0.29) is 38.6 Å². The number of hydrogen-bond donors (Lipinski definition) is 2. The Labute approximate surface area is 578 Å². The molecule has 0 amide bonds. The normalized spacial score (nSPS) is 13.0. The number of unbranched alkanes of at least 4 members (excludes halogenated alkanes) is 58. The Hall–Kier alpha value is -2.03. The molecule has 0 aliphatic heterocycles. The first-order valence-electron chi connectivity index (χ1n) is 41.1.